The van der Waals surface area contributed by atoms with E-state index in [0.717, 1.165) is 19.5 Å². The van der Waals surface area contributed by atoms with Crippen molar-refractivity contribution in [3.63, 3.8) is 0 Å². The van der Waals surface area contributed by atoms with Gasteiger partial charge in [0, 0.05) is 24.8 Å². The van der Waals surface area contributed by atoms with E-state index in [4.69, 9.17) is 0 Å². The van der Waals surface area contributed by atoms with Crippen LogP contribution < -0.4 is 5.32 Å². The zero-order valence-electron chi connectivity index (χ0n) is 12.1. The second kappa shape index (κ2) is 6.02. The number of benzene rings is 1. The number of hydrogen-bond donors (Lipinski definition) is 1. The zero-order valence-corrected chi connectivity index (χ0v) is 12.1. The molecule has 0 unspecified atom stereocenters. The lowest BCUT2D eigenvalue weighted by molar-refractivity contribution is 0.411. The number of aryl methyl sites for hydroxylation is 2. The van der Waals surface area contributed by atoms with Crippen molar-refractivity contribution in [2.75, 3.05) is 0 Å². The smallest absolute Gasteiger partial charge is 0.0522 e. The van der Waals surface area contributed by atoms with Gasteiger partial charge in [0.15, 0.2) is 0 Å². The van der Waals surface area contributed by atoms with E-state index in [-0.39, 0.29) is 5.54 Å². The van der Waals surface area contributed by atoms with Gasteiger partial charge in [-0.05, 0) is 38.8 Å². The average molecular weight is 257 g/mol. The summed E-state index contributed by atoms with van der Waals surface area (Å²) in [5, 5.41) is 7.91. The Morgan fingerprint density at radius 1 is 1.11 bits per heavy atom. The predicted octanol–water partition coefficient (Wildman–Crippen LogP) is 3.01. The molecule has 19 heavy (non-hydrogen) atoms. The third-order valence-electron chi connectivity index (χ3n) is 3.06. The van der Waals surface area contributed by atoms with Gasteiger partial charge in [-0.15, -0.1) is 0 Å². The fraction of sp³-hybridized carbons (Fsp3) is 0.438. The molecular formula is C16H23N3. The Balaban J connectivity index is 1.92. The van der Waals surface area contributed by atoms with Crippen molar-refractivity contribution >= 4 is 0 Å². The van der Waals surface area contributed by atoms with Crippen molar-refractivity contribution in [3.8, 4) is 0 Å². The molecule has 0 saturated carbocycles. The first-order valence-corrected chi connectivity index (χ1v) is 6.84. The van der Waals surface area contributed by atoms with Gasteiger partial charge in [0.2, 0.25) is 0 Å². The van der Waals surface area contributed by atoms with Crippen LogP contribution in [0.2, 0.25) is 0 Å². The summed E-state index contributed by atoms with van der Waals surface area (Å²) in [4.78, 5) is 0. The third kappa shape index (κ3) is 4.52. The fourth-order valence-electron chi connectivity index (χ4n) is 1.95. The Hall–Kier alpha value is -1.61. The van der Waals surface area contributed by atoms with Crippen LogP contribution in [0.4, 0.5) is 0 Å². The maximum absolute atomic E-state index is 4.41. The van der Waals surface area contributed by atoms with Crippen molar-refractivity contribution in [1.82, 2.24) is 15.1 Å². The summed E-state index contributed by atoms with van der Waals surface area (Å²) in [7, 11) is 0. The van der Waals surface area contributed by atoms with Gasteiger partial charge >= 0.3 is 0 Å². The second-order valence-corrected chi connectivity index (χ2v) is 5.88. The molecule has 0 aliphatic carbocycles. The van der Waals surface area contributed by atoms with Gasteiger partial charge < -0.3 is 5.32 Å². The van der Waals surface area contributed by atoms with Crippen LogP contribution in [0.1, 0.15) is 32.0 Å². The van der Waals surface area contributed by atoms with Gasteiger partial charge in [0.1, 0.15) is 0 Å². The minimum Gasteiger partial charge on any atom is -0.306 e. The molecule has 3 heteroatoms. The maximum Gasteiger partial charge on any atom is 0.0522 e. The number of rotatable bonds is 5. The summed E-state index contributed by atoms with van der Waals surface area (Å²) in [5.74, 6) is 0. The summed E-state index contributed by atoms with van der Waals surface area (Å²) in [5.41, 5.74) is 2.73. The van der Waals surface area contributed by atoms with Crippen LogP contribution in [-0.4, -0.2) is 15.3 Å². The molecule has 0 fully saturated rings. The lowest BCUT2D eigenvalue weighted by atomic mass is 10.1. The van der Waals surface area contributed by atoms with Crippen molar-refractivity contribution in [2.45, 2.75) is 45.8 Å². The van der Waals surface area contributed by atoms with Crippen LogP contribution in [0, 0.1) is 0 Å². The predicted molar refractivity (Wildman–Crippen MR) is 79.0 cm³/mol. The van der Waals surface area contributed by atoms with Crippen molar-refractivity contribution in [1.29, 1.82) is 0 Å². The molecule has 102 valence electrons. The van der Waals surface area contributed by atoms with Gasteiger partial charge in [-0.1, -0.05) is 30.3 Å². The maximum atomic E-state index is 4.41. The monoisotopic (exact) mass is 257 g/mol. The minimum atomic E-state index is 0.133. The van der Waals surface area contributed by atoms with Crippen molar-refractivity contribution in [2.24, 2.45) is 0 Å². The molecule has 1 aromatic carbocycles. The third-order valence-corrected chi connectivity index (χ3v) is 3.06. The quantitative estimate of drug-likeness (QED) is 0.892. The number of nitrogens with one attached hydrogen (secondary N) is 1. The Labute approximate surface area is 115 Å². The fourth-order valence-corrected chi connectivity index (χ4v) is 1.95. The Kier molecular flexibility index (Phi) is 4.38. The van der Waals surface area contributed by atoms with Gasteiger partial charge in [0.05, 0.1) is 5.69 Å². The highest BCUT2D eigenvalue weighted by Gasteiger charge is 2.10. The van der Waals surface area contributed by atoms with E-state index >= 15 is 0 Å². The molecule has 1 heterocycles. The second-order valence-electron chi connectivity index (χ2n) is 5.88. The number of nitrogens with zero attached hydrogens (tertiary/aromatic N) is 2. The van der Waals surface area contributed by atoms with Crippen LogP contribution in [0.3, 0.4) is 0 Å². The van der Waals surface area contributed by atoms with E-state index in [1.54, 1.807) is 0 Å². The molecule has 0 bridgehead atoms. The highest BCUT2D eigenvalue weighted by Crippen LogP contribution is 2.06. The van der Waals surface area contributed by atoms with Crippen molar-refractivity contribution < 1.29 is 0 Å². The molecule has 1 aromatic heterocycles. The SMILES string of the molecule is CC(C)(C)NCc1ccnn1CCc1ccccc1. The van der Waals surface area contributed by atoms with Crippen molar-refractivity contribution in [3.05, 3.63) is 53.9 Å². The molecule has 0 aliphatic heterocycles. The van der Waals surface area contributed by atoms with Crippen LogP contribution in [0.15, 0.2) is 42.6 Å². The summed E-state index contributed by atoms with van der Waals surface area (Å²) in [6, 6.07) is 12.6. The standard InChI is InChI=1S/C16H23N3/c1-16(2,3)17-13-15-9-11-18-19(15)12-10-14-7-5-4-6-8-14/h4-9,11,17H,10,12-13H2,1-3H3. The van der Waals surface area contributed by atoms with Gasteiger partial charge in [-0.25, -0.2) is 0 Å². The first-order valence-electron chi connectivity index (χ1n) is 6.84. The normalized spacial score (nSPS) is 11.7. The lowest BCUT2D eigenvalue weighted by Gasteiger charge is -2.20. The minimum absolute atomic E-state index is 0.133. The van der Waals surface area contributed by atoms with E-state index in [9.17, 15) is 0 Å². The first-order chi connectivity index (χ1) is 9.04. The molecule has 0 atom stereocenters. The van der Waals surface area contributed by atoms with E-state index in [1.807, 2.05) is 6.20 Å². The summed E-state index contributed by atoms with van der Waals surface area (Å²) in [6.07, 6.45) is 2.90. The first kappa shape index (κ1) is 13.8. The summed E-state index contributed by atoms with van der Waals surface area (Å²) < 4.78 is 2.09. The molecule has 0 saturated heterocycles. The van der Waals surface area contributed by atoms with Crippen LogP contribution >= 0.6 is 0 Å². The Morgan fingerprint density at radius 2 is 1.84 bits per heavy atom. The topological polar surface area (TPSA) is 29.9 Å². The molecule has 0 amide bonds. The Morgan fingerprint density at radius 3 is 2.53 bits per heavy atom. The van der Waals surface area contributed by atoms with Gasteiger partial charge in [-0.3, -0.25) is 4.68 Å². The van der Waals surface area contributed by atoms with E-state index in [0.29, 0.717) is 0 Å². The molecule has 2 rings (SSSR count). The molecule has 0 spiro atoms. The van der Waals surface area contributed by atoms with Gasteiger partial charge in [0.25, 0.3) is 0 Å². The summed E-state index contributed by atoms with van der Waals surface area (Å²) >= 11 is 0. The highest BCUT2D eigenvalue weighted by molar-refractivity contribution is 5.14. The largest absolute Gasteiger partial charge is 0.306 e. The molecular weight excluding hydrogens is 234 g/mol. The molecule has 3 nitrogen and oxygen atoms in total. The molecule has 0 aliphatic rings. The number of hydrogen-bond acceptors (Lipinski definition) is 2. The lowest BCUT2D eigenvalue weighted by Crippen LogP contribution is -2.35. The van der Waals surface area contributed by atoms with Gasteiger partial charge in [-0.2, -0.15) is 5.10 Å². The van der Waals surface area contributed by atoms with E-state index in [2.05, 4.69) is 72.3 Å². The van der Waals surface area contributed by atoms with Crippen LogP contribution in [-0.2, 0) is 19.5 Å². The van der Waals surface area contributed by atoms with Crippen LogP contribution in [0.5, 0.6) is 0 Å². The van der Waals surface area contributed by atoms with Crippen LogP contribution in [0.25, 0.3) is 0 Å². The Bertz CT molecular complexity index is 494. The average Bonchev–Trinajstić information content (AvgIpc) is 2.82. The number of aromatic nitrogens is 2. The summed E-state index contributed by atoms with van der Waals surface area (Å²) in [6.45, 7) is 8.32. The van der Waals surface area contributed by atoms with E-state index < -0.39 is 0 Å². The molecule has 0 radical (unpaired) electrons. The highest BCUT2D eigenvalue weighted by atomic mass is 15.3. The zero-order chi connectivity index (χ0) is 13.7. The molecule has 2 aromatic rings. The van der Waals surface area contributed by atoms with E-state index in [1.165, 1.54) is 11.3 Å². The molecule has 1 N–H and O–H groups in total.